The van der Waals surface area contributed by atoms with Crippen LogP contribution in [0.5, 0.6) is 17.2 Å². The zero-order valence-electron chi connectivity index (χ0n) is 10.9. The average molecular weight is 240 g/mol. The molecule has 1 aliphatic heterocycles. The molecule has 1 aliphatic rings. The summed E-state index contributed by atoms with van der Waals surface area (Å²) in [6.45, 7) is 4.24. The van der Waals surface area contributed by atoms with E-state index in [2.05, 4.69) is 32.0 Å². The van der Waals surface area contributed by atoms with Crippen LogP contribution in [-0.4, -0.2) is 7.11 Å². The van der Waals surface area contributed by atoms with Crippen molar-refractivity contribution in [1.29, 1.82) is 0 Å². The highest BCUT2D eigenvalue weighted by Gasteiger charge is 2.19. The first-order valence-electron chi connectivity index (χ1n) is 6.12. The van der Waals surface area contributed by atoms with Crippen LogP contribution in [0.15, 0.2) is 30.3 Å². The van der Waals surface area contributed by atoms with E-state index >= 15 is 0 Å². The molecule has 2 aromatic carbocycles. The normalized spacial score (nSPS) is 12.4. The molecule has 3 rings (SSSR count). The smallest absolute Gasteiger partial charge is 0.134 e. The van der Waals surface area contributed by atoms with Gasteiger partial charge in [0.1, 0.15) is 17.2 Å². The minimum atomic E-state index is 0.835. The minimum Gasteiger partial charge on any atom is -0.497 e. The van der Waals surface area contributed by atoms with Gasteiger partial charge in [-0.15, -0.1) is 0 Å². The molecule has 0 aliphatic carbocycles. The van der Waals surface area contributed by atoms with Crippen LogP contribution >= 0.6 is 0 Å². The molecular weight excluding hydrogens is 224 g/mol. The van der Waals surface area contributed by atoms with Crippen molar-refractivity contribution >= 4 is 0 Å². The van der Waals surface area contributed by atoms with Crippen LogP contribution in [-0.2, 0) is 6.42 Å². The summed E-state index contributed by atoms with van der Waals surface area (Å²) in [5.41, 5.74) is 5.04. The fourth-order valence-corrected chi connectivity index (χ4v) is 2.49. The van der Waals surface area contributed by atoms with Gasteiger partial charge in [0.05, 0.1) is 7.11 Å². The second-order valence-electron chi connectivity index (χ2n) is 4.81. The maximum atomic E-state index is 6.00. The number of methoxy groups -OCH3 is 1. The Labute approximate surface area is 107 Å². The first-order chi connectivity index (χ1) is 8.67. The van der Waals surface area contributed by atoms with Crippen molar-refractivity contribution in [2.24, 2.45) is 0 Å². The van der Waals surface area contributed by atoms with Crippen molar-refractivity contribution in [1.82, 2.24) is 0 Å². The quantitative estimate of drug-likeness (QED) is 0.640. The number of hydrogen-bond acceptors (Lipinski definition) is 2. The molecule has 2 nitrogen and oxygen atoms in total. The molecule has 1 heterocycles. The van der Waals surface area contributed by atoms with Gasteiger partial charge in [-0.3, -0.25) is 0 Å². The van der Waals surface area contributed by atoms with Gasteiger partial charge in [0, 0.05) is 18.1 Å². The Morgan fingerprint density at radius 3 is 2.67 bits per heavy atom. The number of hydrogen-bond donors (Lipinski definition) is 0. The second kappa shape index (κ2) is 4.05. The highest BCUT2D eigenvalue weighted by Crippen LogP contribution is 2.40. The van der Waals surface area contributed by atoms with Crippen molar-refractivity contribution in [3.63, 3.8) is 0 Å². The van der Waals surface area contributed by atoms with Crippen molar-refractivity contribution in [2.75, 3.05) is 7.11 Å². The Bertz CT molecular complexity index is 615. The van der Waals surface area contributed by atoms with E-state index in [0.29, 0.717) is 0 Å². The predicted octanol–water partition coefficient (Wildman–Crippen LogP) is 4.01. The lowest BCUT2D eigenvalue weighted by molar-refractivity contribution is 0.406. The minimum absolute atomic E-state index is 0.835. The van der Waals surface area contributed by atoms with Gasteiger partial charge in [0.2, 0.25) is 0 Å². The Hall–Kier alpha value is -1.96. The molecule has 92 valence electrons. The second-order valence-corrected chi connectivity index (χ2v) is 4.81. The zero-order chi connectivity index (χ0) is 12.7. The zero-order valence-corrected chi connectivity index (χ0v) is 10.9. The molecule has 2 aromatic rings. The van der Waals surface area contributed by atoms with Crippen LogP contribution in [0.3, 0.4) is 0 Å². The van der Waals surface area contributed by atoms with E-state index < -0.39 is 0 Å². The first-order valence-corrected chi connectivity index (χ1v) is 6.12. The summed E-state index contributed by atoms with van der Waals surface area (Å²) >= 11 is 0. The standard InChI is InChI=1S/C16H16O2/c1-10-6-11(2)14-8-12-4-5-13(17-3)9-15(12)18-16(14)7-10/h4-7,9H,8H2,1-3H3. The van der Waals surface area contributed by atoms with E-state index in [1.54, 1.807) is 7.11 Å². The monoisotopic (exact) mass is 240 g/mol. The topological polar surface area (TPSA) is 18.5 Å². The van der Waals surface area contributed by atoms with Crippen LogP contribution in [0, 0.1) is 13.8 Å². The molecule has 0 spiro atoms. The molecule has 0 unspecified atom stereocenters. The fraction of sp³-hybridized carbons (Fsp3) is 0.250. The van der Waals surface area contributed by atoms with Gasteiger partial charge in [-0.25, -0.2) is 0 Å². The van der Waals surface area contributed by atoms with Gasteiger partial charge in [-0.1, -0.05) is 12.1 Å². The molecule has 0 N–H and O–H groups in total. The molecular formula is C16H16O2. The molecule has 0 saturated heterocycles. The highest BCUT2D eigenvalue weighted by atomic mass is 16.5. The van der Waals surface area contributed by atoms with E-state index in [1.165, 1.54) is 22.3 Å². The average Bonchev–Trinajstić information content (AvgIpc) is 2.36. The van der Waals surface area contributed by atoms with Gasteiger partial charge in [0.25, 0.3) is 0 Å². The summed E-state index contributed by atoms with van der Waals surface area (Å²) in [7, 11) is 1.67. The van der Waals surface area contributed by atoms with E-state index in [1.807, 2.05) is 12.1 Å². The lowest BCUT2D eigenvalue weighted by Gasteiger charge is -2.22. The van der Waals surface area contributed by atoms with Crippen molar-refractivity contribution in [3.8, 4) is 17.2 Å². The fourth-order valence-electron chi connectivity index (χ4n) is 2.49. The van der Waals surface area contributed by atoms with E-state index in [4.69, 9.17) is 9.47 Å². The van der Waals surface area contributed by atoms with E-state index in [-0.39, 0.29) is 0 Å². The number of fused-ring (bicyclic) bond motifs is 2. The molecule has 0 atom stereocenters. The first kappa shape index (κ1) is 11.1. The van der Waals surface area contributed by atoms with Crippen LogP contribution in [0.25, 0.3) is 0 Å². The van der Waals surface area contributed by atoms with Gasteiger partial charge in [-0.05, 0) is 42.7 Å². The summed E-state index contributed by atoms with van der Waals surface area (Å²) in [6, 6.07) is 10.3. The highest BCUT2D eigenvalue weighted by molar-refractivity contribution is 5.55. The van der Waals surface area contributed by atoms with Crippen molar-refractivity contribution in [3.05, 3.63) is 52.6 Å². The summed E-state index contributed by atoms with van der Waals surface area (Å²) in [5, 5.41) is 0. The maximum absolute atomic E-state index is 6.00. The summed E-state index contributed by atoms with van der Waals surface area (Å²) in [5.74, 6) is 2.72. The molecule has 2 heteroatoms. The van der Waals surface area contributed by atoms with Crippen LogP contribution in [0.1, 0.15) is 22.3 Å². The molecule has 18 heavy (non-hydrogen) atoms. The number of aryl methyl sites for hydroxylation is 2. The molecule has 0 radical (unpaired) electrons. The third-order valence-corrected chi connectivity index (χ3v) is 3.44. The number of ether oxygens (including phenoxy) is 2. The molecule has 0 amide bonds. The molecule has 0 bridgehead atoms. The Morgan fingerprint density at radius 1 is 1.06 bits per heavy atom. The summed E-state index contributed by atoms with van der Waals surface area (Å²) in [6.07, 6.45) is 0.931. The van der Waals surface area contributed by atoms with Crippen LogP contribution < -0.4 is 9.47 Å². The Balaban J connectivity index is 2.09. The van der Waals surface area contributed by atoms with Crippen molar-refractivity contribution in [2.45, 2.75) is 20.3 Å². The lowest BCUT2D eigenvalue weighted by atomic mass is 9.95. The largest absolute Gasteiger partial charge is 0.497 e. The lowest BCUT2D eigenvalue weighted by Crippen LogP contribution is -2.05. The maximum Gasteiger partial charge on any atom is 0.134 e. The third-order valence-electron chi connectivity index (χ3n) is 3.44. The van der Waals surface area contributed by atoms with Crippen LogP contribution in [0.4, 0.5) is 0 Å². The Kier molecular flexibility index (Phi) is 2.51. The van der Waals surface area contributed by atoms with Gasteiger partial charge in [0.15, 0.2) is 0 Å². The van der Waals surface area contributed by atoms with Gasteiger partial charge < -0.3 is 9.47 Å². The molecule has 0 aromatic heterocycles. The van der Waals surface area contributed by atoms with Gasteiger partial charge >= 0.3 is 0 Å². The predicted molar refractivity (Wildman–Crippen MR) is 71.8 cm³/mol. The van der Waals surface area contributed by atoms with E-state index in [0.717, 1.165) is 23.7 Å². The summed E-state index contributed by atoms with van der Waals surface area (Å²) in [4.78, 5) is 0. The van der Waals surface area contributed by atoms with Crippen molar-refractivity contribution < 1.29 is 9.47 Å². The SMILES string of the molecule is COc1ccc2c(c1)Oc1cc(C)cc(C)c1C2. The number of rotatable bonds is 1. The third kappa shape index (κ3) is 1.74. The number of benzene rings is 2. The van der Waals surface area contributed by atoms with Crippen LogP contribution in [0.2, 0.25) is 0 Å². The Morgan fingerprint density at radius 2 is 1.89 bits per heavy atom. The summed E-state index contributed by atoms with van der Waals surface area (Å²) < 4.78 is 11.2. The molecule has 0 fully saturated rings. The molecule has 0 saturated carbocycles. The van der Waals surface area contributed by atoms with E-state index in [9.17, 15) is 0 Å². The van der Waals surface area contributed by atoms with Gasteiger partial charge in [-0.2, -0.15) is 0 Å².